The number of benzene rings is 2. The van der Waals surface area contributed by atoms with Gasteiger partial charge in [0.05, 0.1) is 30.5 Å². The van der Waals surface area contributed by atoms with Gasteiger partial charge in [-0.15, -0.1) is 0 Å². The maximum atomic E-state index is 12.5. The maximum Gasteiger partial charge on any atom is 0.271 e. The van der Waals surface area contributed by atoms with Crippen LogP contribution in [-0.4, -0.2) is 34.9 Å². The summed E-state index contributed by atoms with van der Waals surface area (Å²) in [5.74, 6) is 2.01. The number of hydrazone groups is 1. The van der Waals surface area contributed by atoms with Crippen LogP contribution in [0.5, 0.6) is 11.5 Å². The molecule has 0 aliphatic heterocycles. The predicted octanol–water partition coefficient (Wildman–Crippen LogP) is 4.32. The van der Waals surface area contributed by atoms with Crippen LogP contribution in [0.3, 0.4) is 0 Å². The molecule has 0 atom stereocenters. The van der Waals surface area contributed by atoms with E-state index in [1.807, 2.05) is 38.1 Å². The van der Waals surface area contributed by atoms with Gasteiger partial charge in [-0.25, -0.2) is 10.4 Å². The fourth-order valence-electron chi connectivity index (χ4n) is 3.23. The van der Waals surface area contributed by atoms with Crippen LogP contribution in [0.15, 0.2) is 41.5 Å². The molecule has 30 heavy (non-hydrogen) atoms. The van der Waals surface area contributed by atoms with Gasteiger partial charge in [-0.1, -0.05) is 6.92 Å². The van der Waals surface area contributed by atoms with Crippen LogP contribution >= 0.6 is 0 Å². The van der Waals surface area contributed by atoms with Crippen LogP contribution < -0.4 is 14.9 Å². The molecule has 1 aromatic heterocycles. The summed E-state index contributed by atoms with van der Waals surface area (Å²) in [5, 5.41) is 4.08. The van der Waals surface area contributed by atoms with Crippen LogP contribution in [0.2, 0.25) is 0 Å². The van der Waals surface area contributed by atoms with Gasteiger partial charge in [-0.05, 0) is 69.2 Å². The second kappa shape index (κ2) is 9.91. The van der Waals surface area contributed by atoms with Crippen LogP contribution in [0.4, 0.5) is 0 Å². The molecular weight excluding hydrogens is 380 g/mol. The van der Waals surface area contributed by atoms with E-state index in [4.69, 9.17) is 9.47 Å². The van der Waals surface area contributed by atoms with E-state index in [0.717, 1.165) is 35.4 Å². The number of hydrogen-bond acceptors (Lipinski definition) is 5. The van der Waals surface area contributed by atoms with E-state index in [-0.39, 0.29) is 5.91 Å². The SMILES string of the molecule is CCCOc1ccc(/C=N\NC(=O)c2ccc3c(c2)nc(C)n3CC)cc1OCC. The fourth-order valence-corrected chi connectivity index (χ4v) is 3.23. The summed E-state index contributed by atoms with van der Waals surface area (Å²) < 4.78 is 13.5. The van der Waals surface area contributed by atoms with Crippen molar-refractivity contribution in [1.82, 2.24) is 15.0 Å². The summed E-state index contributed by atoms with van der Waals surface area (Å²) in [6, 6.07) is 11.1. The molecule has 0 unspecified atom stereocenters. The maximum absolute atomic E-state index is 12.5. The Labute approximate surface area is 176 Å². The molecule has 7 heteroatoms. The molecule has 0 bridgehead atoms. The molecule has 3 aromatic rings. The molecule has 0 saturated carbocycles. The van der Waals surface area contributed by atoms with E-state index >= 15 is 0 Å². The first-order chi connectivity index (χ1) is 14.6. The van der Waals surface area contributed by atoms with Gasteiger partial charge >= 0.3 is 0 Å². The van der Waals surface area contributed by atoms with Gasteiger partial charge in [0.1, 0.15) is 5.82 Å². The van der Waals surface area contributed by atoms with Gasteiger partial charge in [0, 0.05) is 12.1 Å². The van der Waals surface area contributed by atoms with E-state index in [9.17, 15) is 4.79 Å². The zero-order valence-corrected chi connectivity index (χ0v) is 17.9. The first-order valence-electron chi connectivity index (χ1n) is 10.3. The van der Waals surface area contributed by atoms with Crippen molar-refractivity contribution in [1.29, 1.82) is 0 Å². The van der Waals surface area contributed by atoms with Crippen molar-refractivity contribution in [2.24, 2.45) is 5.10 Å². The van der Waals surface area contributed by atoms with Gasteiger partial charge in [-0.3, -0.25) is 4.79 Å². The molecule has 0 aliphatic rings. The van der Waals surface area contributed by atoms with Crippen LogP contribution in [0.1, 0.15) is 48.9 Å². The standard InChI is InChI=1S/C23H28N4O3/c1-5-12-30-21-11-8-17(13-22(21)29-7-3)15-24-26-23(28)18-9-10-20-19(14-18)25-16(4)27(20)6-2/h8-11,13-15H,5-7,12H2,1-4H3,(H,26,28)/b24-15-. The van der Waals surface area contributed by atoms with E-state index in [2.05, 4.69) is 33.9 Å². The van der Waals surface area contributed by atoms with Gasteiger partial charge in [0.2, 0.25) is 0 Å². The third-order valence-electron chi connectivity index (χ3n) is 4.63. The smallest absolute Gasteiger partial charge is 0.271 e. The van der Waals surface area contributed by atoms with E-state index in [0.29, 0.717) is 30.3 Å². The number of aromatic nitrogens is 2. The normalized spacial score (nSPS) is 11.2. The second-order valence-corrected chi connectivity index (χ2v) is 6.79. The number of aryl methyl sites for hydroxylation is 2. The lowest BCUT2D eigenvalue weighted by molar-refractivity contribution is 0.0955. The number of nitrogens with zero attached hydrogens (tertiary/aromatic N) is 3. The average molecular weight is 409 g/mol. The molecule has 7 nitrogen and oxygen atoms in total. The Kier molecular flexibility index (Phi) is 7.06. The lowest BCUT2D eigenvalue weighted by Crippen LogP contribution is -2.17. The number of hydrogen-bond donors (Lipinski definition) is 1. The summed E-state index contributed by atoms with van der Waals surface area (Å²) in [5.41, 5.74) is 5.70. The number of ether oxygens (including phenoxy) is 2. The Morgan fingerprint density at radius 1 is 1.13 bits per heavy atom. The lowest BCUT2D eigenvalue weighted by Gasteiger charge is -2.11. The molecule has 0 fully saturated rings. The van der Waals surface area contributed by atoms with Crippen LogP contribution in [0.25, 0.3) is 11.0 Å². The van der Waals surface area contributed by atoms with Gasteiger partial charge < -0.3 is 14.0 Å². The summed E-state index contributed by atoms with van der Waals surface area (Å²) in [6.45, 7) is 10.0. The number of nitrogens with one attached hydrogen (secondary N) is 1. The first kappa shape index (κ1) is 21.4. The molecule has 3 rings (SSSR count). The predicted molar refractivity (Wildman–Crippen MR) is 119 cm³/mol. The number of fused-ring (bicyclic) bond motifs is 1. The fraction of sp³-hybridized carbons (Fsp3) is 0.348. The highest BCUT2D eigenvalue weighted by atomic mass is 16.5. The number of imidazole rings is 1. The van der Waals surface area contributed by atoms with E-state index in [1.54, 1.807) is 18.3 Å². The molecule has 1 N–H and O–H groups in total. The van der Waals surface area contributed by atoms with Crippen molar-refractivity contribution in [3.8, 4) is 11.5 Å². The number of amides is 1. The Morgan fingerprint density at radius 2 is 1.97 bits per heavy atom. The topological polar surface area (TPSA) is 77.7 Å². The van der Waals surface area contributed by atoms with Crippen molar-refractivity contribution in [3.05, 3.63) is 53.3 Å². The Hall–Kier alpha value is -3.35. The lowest BCUT2D eigenvalue weighted by atomic mass is 10.2. The van der Waals surface area contributed by atoms with Crippen molar-refractivity contribution < 1.29 is 14.3 Å². The molecule has 0 radical (unpaired) electrons. The molecule has 158 valence electrons. The molecule has 1 heterocycles. The second-order valence-electron chi connectivity index (χ2n) is 6.79. The van der Waals surface area contributed by atoms with Crippen molar-refractivity contribution in [3.63, 3.8) is 0 Å². The molecule has 2 aromatic carbocycles. The largest absolute Gasteiger partial charge is 0.490 e. The van der Waals surface area contributed by atoms with Gasteiger partial charge in [-0.2, -0.15) is 5.10 Å². The number of carbonyl (C=O) groups excluding carboxylic acids is 1. The number of rotatable bonds is 9. The molecule has 0 spiro atoms. The summed E-state index contributed by atoms with van der Waals surface area (Å²) >= 11 is 0. The van der Waals surface area contributed by atoms with Gasteiger partial charge in [0.25, 0.3) is 5.91 Å². The third-order valence-corrected chi connectivity index (χ3v) is 4.63. The van der Waals surface area contributed by atoms with E-state index < -0.39 is 0 Å². The highest BCUT2D eigenvalue weighted by molar-refractivity contribution is 5.98. The molecule has 1 amide bonds. The third kappa shape index (κ3) is 4.79. The molecule has 0 aliphatic carbocycles. The minimum absolute atomic E-state index is 0.287. The van der Waals surface area contributed by atoms with Crippen LogP contribution in [-0.2, 0) is 6.54 Å². The zero-order valence-electron chi connectivity index (χ0n) is 17.9. The van der Waals surface area contributed by atoms with Crippen LogP contribution in [0, 0.1) is 6.92 Å². The van der Waals surface area contributed by atoms with Crippen molar-refractivity contribution in [2.75, 3.05) is 13.2 Å². The number of carbonyl (C=O) groups is 1. The average Bonchev–Trinajstić information content (AvgIpc) is 3.07. The summed E-state index contributed by atoms with van der Waals surface area (Å²) in [7, 11) is 0. The monoisotopic (exact) mass is 408 g/mol. The Bertz CT molecular complexity index is 1060. The zero-order chi connectivity index (χ0) is 21.5. The summed E-state index contributed by atoms with van der Waals surface area (Å²) in [4.78, 5) is 17.0. The minimum atomic E-state index is -0.287. The molecular formula is C23H28N4O3. The van der Waals surface area contributed by atoms with Crippen molar-refractivity contribution in [2.45, 2.75) is 40.7 Å². The highest BCUT2D eigenvalue weighted by Gasteiger charge is 2.11. The highest BCUT2D eigenvalue weighted by Crippen LogP contribution is 2.28. The Balaban J connectivity index is 1.70. The Morgan fingerprint density at radius 3 is 2.70 bits per heavy atom. The first-order valence-corrected chi connectivity index (χ1v) is 10.3. The van der Waals surface area contributed by atoms with Crippen molar-refractivity contribution >= 4 is 23.2 Å². The quantitative estimate of drug-likeness (QED) is 0.423. The van der Waals surface area contributed by atoms with Gasteiger partial charge in [0.15, 0.2) is 11.5 Å². The molecule has 0 saturated heterocycles. The van der Waals surface area contributed by atoms with E-state index in [1.165, 1.54) is 0 Å². The summed E-state index contributed by atoms with van der Waals surface area (Å²) in [6.07, 6.45) is 2.50. The minimum Gasteiger partial charge on any atom is -0.490 e.